The van der Waals surface area contributed by atoms with Gasteiger partial charge in [0.2, 0.25) is 5.91 Å². The summed E-state index contributed by atoms with van der Waals surface area (Å²) in [4.78, 5) is 30.3. The Bertz CT molecular complexity index is 798. The van der Waals surface area contributed by atoms with Gasteiger partial charge in [-0.15, -0.1) is 0 Å². The van der Waals surface area contributed by atoms with Crippen molar-refractivity contribution in [3.63, 3.8) is 0 Å². The van der Waals surface area contributed by atoms with E-state index >= 15 is 0 Å². The molecule has 4 rings (SSSR count). The van der Waals surface area contributed by atoms with Crippen LogP contribution in [0.5, 0.6) is 0 Å². The lowest BCUT2D eigenvalue weighted by Crippen LogP contribution is -2.58. The van der Waals surface area contributed by atoms with Crippen LogP contribution in [0.2, 0.25) is 0 Å². The third-order valence-corrected chi connectivity index (χ3v) is 6.98. The van der Waals surface area contributed by atoms with Crippen molar-refractivity contribution < 1.29 is 14.0 Å². The first kappa shape index (κ1) is 21.1. The molecule has 1 aromatic carbocycles. The highest BCUT2D eigenvalue weighted by Gasteiger charge is 2.43. The Morgan fingerprint density at radius 2 is 1.73 bits per heavy atom. The molecule has 162 valence electrons. The fourth-order valence-electron chi connectivity index (χ4n) is 5.27. The van der Waals surface area contributed by atoms with Gasteiger partial charge in [-0.1, -0.05) is 55.5 Å². The Balaban J connectivity index is 1.60. The van der Waals surface area contributed by atoms with Gasteiger partial charge in [-0.2, -0.15) is 0 Å². The highest BCUT2D eigenvalue weighted by molar-refractivity contribution is 5.95. The van der Waals surface area contributed by atoms with E-state index in [1.807, 2.05) is 0 Å². The van der Waals surface area contributed by atoms with Gasteiger partial charge < -0.3 is 9.80 Å². The maximum Gasteiger partial charge on any atom is 0.250 e. The molecule has 1 saturated carbocycles. The Hall–Kier alpha value is -2.17. The molecule has 1 atom stereocenters. The number of piperazine rings is 1. The van der Waals surface area contributed by atoms with E-state index in [4.69, 9.17) is 0 Å². The minimum absolute atomic E-state index is 0.0523. The van der Waals surface area contributed by atoms with Crippen molar-refractivity contribution in [2.45, 2.75) is 82.7 Å². The zero-order valence-electron chi connectivity index (χ0n) is 17.8. The van der Waals surface area contributed by atoms with Gasteiger partial charge in [-0.3, -0.25) is 9.59 Å². The smallest absolute Gasteiger partial charge is 0.250 e. The van der Waals surface area contributed by atoms with E-state index in [0.717, 1.165) is 44.9 Å². The van der Waals surface area contributed by atoms with Crippen molar-refractivity contribution in [1.29, 1.82) is 0 Å². The zero-order chi connectivity index (χ0) is 20.9. The second kappa shape index (κ2) is 9.76. The molecule has 0 radical (unpaired) electrons. The third kappa shape index (κ3) is 4.60. The normalized spacial score (nSPS) is 24.0. The standard InChI is InChI=1S/C25H33FN2O2/c26-22-15-9-8-14-21(22)24-25(30)28(20-12-6-1-2-7-13-20)18-23(29)27(24)17-16-19-10-4-3-5-11-19/h8-10,14-15,20,24H,1-7,11-13,16-18H2. The van der Waals surface area contributed by atoms with E-state index in [-0.39, 0.29) is 24.4 Å². The SMILES string of the molecule is O=C1C(c2ccccc2F)N(CCC2=CCCCC2)C(=O)CN1C1CCCCCC1. The number of carbonyl (C=O) groups excluding carboxylic acids is 2. The molecule has 0 aromatic heterocycles. The van der Waals surface area contributed by atoms with Gasteiger partial charge in [-0.05, 0) is 51.0 Å². The first-order valence-corrected chi connectivity index (χ1v) is 11.7. The predicted octanol–water partition coefficient (Wildman–Crippen LogP) is 5.15. The predicted molar refractivity (Wildman–Crippen MR) is 115 cm³/mol. The first-order chi connectivity index (χ1) is 14.6. The molecule has 3 aliphatic rings. The zero-order valence-corrected chi connectivity index (χ0v) is 17.8. The minimum atomic E-state index is -0.847. The van der Waals surface area contributed by atoms with Gasteiger partial charge in [0.15, 0.2) is 0 Å². The Morgan fingerprint density at radius 3 is 2.43 bits per heavy atom. The number of allylic oxidation sites excluding steroid dienone is 1. The molecule has 0 spiro atoms. The number of carbonyl (C=O) groups is 2. The average Bonchev–Trinajstić information content (AvgIpc) is 3.05. The van der Waals surface area contributed by atoms with Crippen molar-refractivity contribution >= 4 is 11.8 Å². The van der Waals surface area contributed by atoms with Crippen LogP contribution in [-0.2, 0) is 9.59 Å². The van der Waals surface area contributed by atoms with Crippen LogP contribution in [0.15, 0.2) is 35.9 Å². The molecule has 1 saturated heterocycles. The lowest BCUT2D eigenvalue weighted by atomic mass is 9.94. The van der Waals surface area contributed by atoms with E-state index in [2.05, 4.69) is 6.08 Å². The molecule has 2 fully saturated rings. The Morgan fingerprint density at radius 1 is 0.967 bits per heavy atom. The molecule has 0 bridgehead atoms. The largest absolute Gasteiger partial charge is 0.328 e. The highest BCUT2D eigenvalue weighted by Crippen LogP contribution is 2.34. The lowest BCUT2D eigenvalue weighted by molar-refractivity contribution is -0.159. The number of benzene rings is 1. The number of hydrogen-bond acceptors (Lipinski definition) is 2. The first-order valence-electron chi connectivity index (χ1n) is 11.7. The summed E-state index contributed by atoms with van der Waals surface area (Å²) in [6.07, 6.45) is 14.0. The minimum Gasteiger partial charge on any atom is -0.328 e. The summed E-state index contributed by atoms with van der Waals surface area (Å²) in [5.74, 6) is -0.569. The fraction of sp³-hybridized carbons (Fsp3) is 0.600. The lowest BCUT2D eigenvalue weighted by Gasteiger charge is -2.43. The Kier molecular flexibility index (Phi) is 6.86. The van der Waals surface area contributed by atoms with Crippen LogP contribution in [0, 0.1) is 5.82 Å². The van der Waals surface area contributed by atoms with E-state index in [9.17, 15) is 14.0 Å². The monoisotopic (exact) mass is 412 g/mol. The van der Waals surface area contributed by atoms with Crippen LogP contribution in [0.3, 0.4) is 0 Å². The van der Waals surface area contributed by atoms with E-state index in [1.54, 1.807) is 28.0 Å². The molecular weight excluding hydrogens is 379 g/mol. The second-order valence-corrected chi connectivity index (χ2v) is 8.98. The van der Waals surface area contributed by atoms with Gasteiger partial charge >= 0.3 is 0 Å². The summed E-state index contributed by atoms with van der Waals surface area (Å²) >= 11 is 0. The highest BCUT2D eigenvalue weighted by atomic mass is 19.1. The van der Waals surface area contributed by atoms with Crippen LogP contribution >= 0.6 is 0 Å². The molecule has 2 aliphatic carbocycles. The third-order valence-electron chi connectivity index (χ3n) is 6.98. The second-order valence-electron chi connectivity index (χ2n) is 8.98. The summed E-state index contributed by atoms with van der Waals surface area (Å²) in [6.45, 7) is 0.613. The Labute approximate surface area is 179 Å². The molecule has 0 N–H and O–H groups in total. The molecule has 2 amide bonds. The number of amides is 2. The van der Waals surface area contributed by atoms with Gasteiger partial charge in [0, 0.05) is 18.2 Å². The molecule has 1 heterocycles. The quantitative estimate of drug-likeness (QED) is 0.496. The van der Waals surface area contributed by atoms with Gasteiger partial charge in [0.25, 0.3) is 5.91 Å². The van der Waals surface area contributed by atoms with Crippen LogP contribution < -0.4 is 0 Å². The maximum atomic E-state index is 14.8. The summed E-state index contributed by atoms with van der Waals surface area (Å²) in [6, 6.07) is 5.69. The van der Waals surface area contributed by atoms with Crippen molar-refractivity contribution in [3.8, 4) is 0 Å². The maximum absolute atomic E-state index is 14.8. The molecular formula is C25H33FN2O2. The molecule has 1 aromatic rings. The topological polar surface area (TPSA) is 40.6 Å². The van der Waals surface area contributed by atoms with E-state index in [1.165, 1.54) is 37.3 Å². The molecule has 1 aliphatic heterocycles. The van der Waals surface area contributed by atoms with Gasteiger partial charge in [-0.25, -0.2) is 4.39 Å². The molecule has 5 heteroatoms. The van der Waals surface area contributed by atoms with Crippen LogP contribution in [0.1, 0.15) is 82.2 Å². The van der Waals surface area contributed by atoms with Crippen molar-refractivity contribution in [2.75, 3.05) is 13.1 Å². The number of nitrogens with zero attached hydrogens (tertiary/aromatic N) is 2. The van der Waals surface area contributed by atoms with Crippen molar-refractivity contribution in [2.24, 2.45) is 0 Å². The molecule has 1 unspecified atom stereocenters. The summed E-state index contributed by atoms with van der Waals surface area (Å²) in [5.41, 5.74) is 1.69. The number of rotatable bonds is 5. The van der Waals surface area contributed by atoms with Gasteiger partial charge in [0.1, 0.15) is 18.4 Å². The van der Waals surface area contributed by atoms with Crippen molar-refractivity contribution in [3.05, 3.63) is 47.3 Å². The van der Waals surface area contributed by atoms with E-state index in [0.29, 0.717) is 12.1 Å². The summed E-state index contributed by atoms with van der Waals surface area (Å²) in [5, 5.41) is 0. The number of hydrogen-bond donors (Lipinski definition) is 0. The summed E-state index contributed by atoms with van der Waals surface area (Å²) in [7, 11) is 0. The van der Waals surface area contributed by atoms with Crippen molar-refractivity contribution in [1.82, 2.24) is 9.80 Å². The van der Waals surface area contributed by atoms with Gasteiger partial charge in [0.05, 0.1) is 0 Å². The van der Waals surface area contributed by atoms with E-state index < -0.39 is 11.9 Å². The van der Waals surface area contributed by atoms with Crippen LogP contribution in [0.4, 0.5) is 4.39 Å². The molecule has 30 heavy (non-hydrogen) atoms. The fourth-order valence-corrected chi connectivity index (χ4v) is 5.27. The van der Waals surface area contributed by atoms with Crippen LogP contribution in [0.25, 0.3) is 0 Å². The number of halogens is 1. The molecule has 4 nitrogen and oxygen atoms in total. The average molecular weight is 413 g/mol. The summed E-state index contributed by atoms with van der Waals surface area (Å²) < 4.78 is 14.8. The van der Waals surface area contributed by atoms with Crippen LogP contribution in [-0.4, -0.2) is 40.7 Å².